The predicted molar refractivity (Wildman–Crippen MR) is 106 cm³/mol. The molecule has 2 amide bonds. The van der Waals surface area contributed by atoms with Crippen molar-refractivity contribution in [3.8, 4) is 0 Å². The van der Waals surface area contributed by atoms with Gasteiger partial charge in [-0.05, 0) is 73.2 Å². The van der Waals surface area contributed by atoms with Gasteiger partial charge in [-0.15, -0.1) is 0 Å². The summed E-state index contributed by atoms with van der Waals surface area (Å²) in [6, 6.07) is 8.18. The van der Waals surface area contributed by atoms with Crippen LogP contribution >= 0.6 is 15.9 Å². The highest BCUT2D eigenvalue weighted by Crippen LogP contribution is 2.34. The summed E-state index contributed by atoms with van der Waals surface area (Å²) in [6.07, 6.45) is 4.21. The maximum atomic E-state index is 13.2. The smallest absolute Gasteiger partial charge is 0.259 e. The molecular formula is C21H23BrN2O3. The van der Waals surface area contributed by atoms with E-state index in [1.165, 1.54) is 0 Å². The number of carbonyl (C=O) groups excluding carboxylic acids is 2. The van der Waals surface area contributed by atoms with Crippen LogP contribution in [0.5, 0.6) is 0 Å². The summed E-state index contributed by atoms with van der Waals surface area (Å²) in [7, 11) is 0. The molecule has 1 aromatic carbocycles. The number of furan rings is 1. The summed E-state index contributed by atoms with van der Waals surface area (Å²) < 4.78 is 6.35. The summed E-state index contributed by atoms with van der Waals surface area (Å²) in [4.78, 5) is 27.2. The van der Waals surface area contributed by atoms with Crippen molar-refractivity contribution in [2.24, 2.45) is 0 Å². The molecule has 0 spiro atoms. The average Bonchev–Trinajstić information content (AvgIpc) is 3.54. The summed E-state index contributed by atoms with van der Waals surface area (Å²) in [6.45, 7) is 4.20. The third kappa shape index (κ3) is 3.95. The van der Waals surface area contributed by atoms with Crippen molar-refractivity contribution in [3.63, 3.8) is 0 Å². The molecule has 142 valence electrons. The summed E-state index contributed by atoms with van der Waals surface area (Å²) in [5.74, 6) is 1.33. The second-order valence-electron chi connectivity index (χ2n) is 7.51. The van der Waals surface area contributed by atoms with Gasteiger partial charge in [0.15, 0.2) is 0 Å². The number of benzene rings is 1. The molecule has 0 aliphatic heterocycles. The molecule has 0 radical (unpaired) electrons. The number of hydrogen-bond acceptors (Lipinski definition) is 3. The molecule has 6 heteroatoms. The highest BCUT2D eigenvalue weighted by atomic mass is 79.9. The molecule has 0 bridgehead atoms. The Morgan fingerprint density at radius 1 is 1.11 bits per heavy atom. The van der Waals surface area contributed by atoms with E-state index in [4.69, 9.17) is 4.42 Å². The number of nitrogens with zero attached hydrogens (tertiary/aromatic N) is 1. The van der Waals surface area contributed by atoms with Gasteiger partial charge in [0.05, 0.1) is 10.0 Å². The molecule has 0 saturated heterocycles. The third-order valence-corrected chi connectivity index (χ3v) is 6.09. The van der Waals surface area contributed by atoms with E-state index in [-0.39, 0.29) is 17.9 Å². The molecule has 1 aromatic heterocycles. The average molecular weight is 431 g/mol. The molecule has 5 nitrogen and oxygen atoms in total. The molecule has 0 unspecified atom stereocenters. The number of hydrogen-bond donors (Lipinski definition) is 1. The van der Waals surface area contributed by atoms with E-state index in [1.54, 1.807) is 0 Å². The largest absolute Gasteiger partial charge is 0.465 e. The zero-order chi connectivity index (χ0) is 19.1. The summed E-state index contributed by atoms with van der Waals surface area (Å²) in [5.41, 5.74) is 2.30. The van der Waals surface area contributed by atoms with Crippen LogP contribution in [0.3, 0.4) is 0 Å². The Balaban J connectivity index is 1.50. The van der Waals surface area contributed by atoms with Crippen molar-refractivity contribution >= 4 is 27.7 Å². The first kappa shape index (κ1) is 18.3. The Morgan fingerprint density at radius 2 is 1.78 bits per heavy atom. The number of halogens is 1. The van der Waals surface area contributed by atoms with Crippen molar-refractivity contribution in [1.82, 2.24) is 10.2 Å². The van der Waals surface area contributed by atoms with E-state index in [2.05, 4.69) is 21.2 Å². The second kappa shape index (κ2) is 7.15. The van der Waals surface area contributed by atoms with E-state index >= 15 is 0 Å². The molecule has 2 fully saturated rings. The van der Waals surface area contributed by atoms with Crippen LogP contribution in [-0.2, 0) is 6.54 Å². The fourth-order valence-corrected chi connectivity index (χ4v) is 3.78. The highest BCUT2D eigenvalue weighted by Gasteiger charge is 2.35. The minimum Gasteiger partial charge on any atom is -0.465 e. The first-order valence-electron chi connectivity index (χ1n) is 9.40. The van der Waals surface area contributed by atoms with Crippen LogP contribution in [0.25, 0.3) is 0 Å². The predicted octanol–water partition coefficient (Wildman–Crippen LogP) is 4.36. The Hall–Kier alpha value is -2.08. The van der Waals surface area contributed by atoms with Crippen molar-refractivity contribution in [2.45, 2.75) is 58.2 Å². The van der Waals surface area contributed by atoms with Crippen LogP contribution in [0.1, 0.15) is 63.5 Å². The SMILES string of the molecule is Cc1oc(C)c(C(=O)N(Cc2ccc(C(=O)NC3CC3)cc2)C2CC2)c1Br. The highest BCUT2D eigenvalue weighted by molar-refractivity contribution is 9.10. The van der Waals surface area contributed by atoms with E-state index in [9.17, 15) is 9.59 Å². The van der Waals surface area contributed by atoms with Gasteiger partial charge < -0.3 is 14.6 Å². The summed E-state index contributed by atoms with van der Waals surface area (Å²) in [5, 5.41) is 2.99. The van der Waals surface area contributed by atoms with E-state index in [0.717, 1.165) is 41.5 Å². The molecule has 2 aliphatic rings. The molecule has 4 rings (SSSR count). The lowest BCUT2D eigenvalue weighted by Gasteiger charge is -2.23. The lowest BCUT2D eigenvalue weighted by molar-refractivity contribution is 0.0727. The number of aryl methyl sites for hydroxylation is 2. The van der Waals surface area contributed by atoms with E-state index in [1.807, 2.05) is 43.0 Å². The standard InChI is InChI=1S/C21H23BrN2O3/c1-12-18(19(22)13(2)27-12)21(26)24(17-9-10-17)11-14-3-5-15(6-4-14)20(25)23-16-7-8-16/h3-6,16-17H,7-11H2,1-2H3,(H,23,25). The van der Waals surface area contributed by atoms with Gasteiger partial charge in [0.1, 0.15) is 11.5 Å². The quantitative estimate of drug-likeness (QED) is 0.740. The zero-order valence-electron chi connectivity index (χ0n) is 15.5. The topological polar surface area (TPSA) is 62.6 Å². The van der Waals surface area contributed by atoms with Crippen LogP contribution in [0, 0.1) is 13.8 Å². The lowest BCUT2D eigenvalue weighted by Crippen LogP contribution is -2.33. The number of amides is 2. The molecule has 1 N–H and O–H groups in total. The Bertz CT molecular complexity index is 880. The van der Waals surface area contributed by atoms with Gasteiger partial charge in [0.2, 0.25) is 0 Å². The van der Waals surface area contributed by atoms with Crippen LogP contribution in [0.15, 0.2) is 33.2 Å². The minimum atomic E-state index is -0.0207. The van der Waals surface area contributed by atoms with Crippen LogP contribution < -0.4 is 5.32 Å². The Morgan fingerprint density at radius 3 is 2.30 bits per heavy atom. The number of carbonyl (C=O) groups is 2. The zero-order valence-corrected chi connectivity index (χ0v) is 17.1. The maximum Gasteiger partial charge on any atom is 0.259 e. The molecule has 2 aromatic rings. The normalized spacial score (nSPS) is 16.3. The second-order valence-corrected chi connectivity index (χ2v) is 8.31. The van der Waals surface area contributed by atoms with E-state index in [0.29, 0.717) is 29.5 Å². The van der Waals surface area contributed by atoms with Crippen LogP contribution in [0.2, 0.25) is 0 Å². The number of nitrogens with one attached hydrogen (secondary N) is 1. The lowest BCUT2D eigenvalue weighted by atomic mass is 10.1. The van der Waals surface area contributed by atoms with Crippen molar-refractivity contribution < 1.29 is 14.0 Å². The fourth-order valence-electron chi connectivity index (χ4n) is 3.25. The molecule has 2 aliphatic carbocycles. The number of rotatable bonds is 6. The van der Waals surface area contributed by atoms with Crippen molar-refractivity contribution in [1.29, 1.82) is 0 Å². The third-order valence-electron chi connectivity index (χ3n) is 5.13. The van der Waals surface area contributed by atoms with Crippen molar-refractivity contribution in [2.75, 3.05) is 0 Å². The van der Waals surface area contributed by atoms with E-state index < -0.39 is 0 Å². The molecule has 1 heterocycles. The summed E-state index contributed by atoms with van der Waals surface area (Å²) >= 11 is 3.49. The van der Waals surface area contributed by atoms with Gasteiger partial charge in [0, 0.05) is 24.2 Å². The molecule has 0 atom stereocenters. The minimum absolute atomic E-state index is 0.00530. The molecule has 27 heavy (non-hydrogen) atoms. The van der Waals surface area contributed by atoms with Gasteiger partial charge in [0.25, 0.3) is 11.8 Å². The van der Waals surface area contributed by atoms with Gasteiger partial charge >= 0.3 is 0 Å². The van der Waals surface area contributed by atoms with Crippen molar-refractivity contribution in [3.05, 3.63) is 56.9 Å². The van der Waals surface area contributed by atoms with Gasteiger partial charge in [-0.2, -0.15) is 0 Å². The van der Waals surface area contributed by atoms with Crippen LogP contribution in [-0.4, -0.2) is 28.8 Å². The Kier molecular flexibility index (Phi) is 4.84. The Labute approximate surface area is 167 Å². The van der Waals surface area contributed by atoms with Crippen LogP contribution in [0.4, 0.5) is 0 Å². The van der Waals surface area contributed by atoms with Gasteiger partial charge in [-0.1, -0.05) is 12.1 Å². The fraction of sp³-hybridized carbons (Fsp3) is 0.429. The van der Waals surface area contributed by atoms with Gasteiger partial charge in [-0.3, -0.25) is 9.59 Å². The monoisotopic (exact) mass is 430 g/mol. The molecule has 2 saturated carbocycles. The first-order valence-corrected chi connectivity index (χ1v) is 10.2. The maximum absolute atomic E-state index is 13.2. The van der Waals surface area contributed by atoms with Gasteiger partial charge in [-0.25, -0.2) is 0 Å². The molecular weight excluding hydrogens is 408 g/mol. The first-order chi connectivity index (χ1) is 12.9.